The second-order valence-electron chi connectivity index (χ2n) is 9.22. The van der Waals surface area contributed by atoms with Gasteiger partial charge in [0.25, 0.3) is 0 Å². The van der Waals surface area contributed by atoms with Gasteiger partial charge in [-0.25, -0.2) is 14.8 Å². The first kappa shape index (κ1) is 18.6. The van der Waals surface area contributed by atoms with Gasteiger partial charge in [0.1, 0.15) is 6.33 Å². The molecule has 2 saturated heterocycles. The fourth-order valence-corrected chi connectivity index (χ4v) is 5.74. The number of fused-ring (bicyclic) bond motifs is 4. The van der Waals surface area contributed by atoms with Gasteiger partial charge in [0.05, 0.1) is 5.69 Å². The van der Waals surface area contributed by atoms with E-state index in [-0.39, 0.29) is 11.4 Å². The van der Waals surface area contributed by atoms with Crippen LogP contribution in [0.25, 0.3) is 11.3 Å². The number of hydrogen-bond acceptors (Lipinski definition) is 3. The van der Waals surface area contributed by atoms with Crippen LogP contribution in [0.5, 0.6) is 0 Å². The molecule has 3 aliphatic rings. The first-order valence-electron chi connectivity index (χ1n) is 11.0. The van der Waals surface area contributed by atoms with Gasteiger partial charge in [-0.1, -0.05) is 26.0 Å². The third-order valence-electron chi connectivity index (χ3n) is 7.76. The lowest BCUT2D eigenvalue weighted by Gasteiger charge is -2.55. The van der Waals surface area contributed by atoms with Crippen molar-refractivity contribution in [1.29, 1.82) is 0 Å². The molecule has 0 N–H and O–H groups in total. The normalized spacial score (nSPS) is 28.8. The summed E-state index contributed by atoms with van der Waals surface area (Å²) in [5.41, 5.74) is 5.07. The summed E-state index contributed by atoms with van der Waals surface area (Å²) in [6.07, 6.45) is 8.93. The van der Waals surface area contributed by atoms with E-state index >= 15 is 0 Å². The minimum atomic E-state index is 0.0972. The number of carbonyl (C=O) groups excluding carboxylic acids is 1. The van der Waals surface area contributed by atoms with Crippen LogP contribution in [0.1, 0.15) is 50.7 Å². The Hall–Kier alpha value is -2.43. The molecule has 2 aliphatic heterocycles. The molecule has 2 aromatic rings. The van der Waals surface area contributed by atoms with Crippen LogP contribution in [-0.2, 0) is 11.8 Å². The predicted octanol–water partition coefficient (Wildman–Crippen LogP) is 4.27. The van der Waals surface area contributed by atoms with E-state index in [1.807, 2.05) is 6.07 Å². The minimum absolute atomic E-state index is 0.0972. The molecule has 0 unspecified atom stereocenters. The smallest absolute Gasteiger partial charge is 0.320 e. The van der Waals surface area contributed by atoms with Crippen molar-refractivity contribution < 1.29 is 4.79 Å². The van der Waals surface area contributed by atoms with Crippen LogP contribution < -0.4 is 0 Å². The van der Waals surface area contributed by atoms with Gasteiger partial charge >= 0.3 is 6.03 Å². The number of nitrogens with zero attached hydrogens (tertiary/aromatic N) is 4. The van der Waals surface area contributed by atoms with Crippen molar-refractivity contribution in [2.24, 2.45) is 5.92 Å². The minimum Gasteiger partial charge on any atom is -0.325 e. The maximum atomic E-state index is 13.3. The van der Waals surface area contributed by atoms with E-state index in [1.54, 1.807) is 12.5 Å². The summed E-state index contributed by atoms with van der Waals surface area (Å²) in [4.78, 5) is 26.1. The number of amides is 2. The molecular weight excluding hydrogens is 360 g/mol. The number of hydrogen-bond donors (Lipinski definition) is 0. The fourth-order valence-electron chi connectivity index (χ4n) is 5.74. The summed E-state index contributed by atoms with van der Waals surface area (Å²) < 4.78 is 0. The molecule has 5 heteroatoms. The zero-order valence-electron chi connectivity index (χ0n) is 17.5. The number of benzene rings is 1. The van der Waals surface area contributed by atoms with Crippen LogP contribution in [0, 0.1) is 5.92 Å². The van der Waals surface area contributed by atoms with E-state index in [1.165, 1.54) is 17.5 Å². The number of aromatic nitrogens is 2. The molecule has 0 spiro atoms. The highest BCUT2D eigenvalue weighted by Gasteiger charge is 2.50. The summed E-state index contributed by atoms with van der Waals surface area (Å²) >= 11 is 0. The summed E-state index contributed by atoms with van der Waals surface area (Å²) in [6.45, 7) is 7.45. The summed E-state index contributed by atoms with van der Waals surface area (Å²) in [6, 6.07) is 9.31. The predicted molar refractivity (Wildman–Crippen MR) is 114 cm³/mol. The second-order valence-corrected chi connectivity index (χ2v) is 9.22. The fraction of sp³-hybridized carbons (Fsp3) is 0.542. The first-order chi connectivity index (χ1) is 14.1. The monoisotopic (exact) mass is 390 g/mol. The van der Waals surface area contributed by atoms with Gasteiger partial charge in [-0.15, -0.1) is 0 Å². The van der Waals surface area contributed by atoms with Crippen molar-refractivity contribution in [3.8, 4) is 11.3 Å². The lowest BCUT2D eigenvalue weighted by molar-refractivity contribution is 0.0386. The molecule has 0 saturated carbocycles. The Labute approximate surface area is 173 Å². The molecule has 2 bridgehead atoms. The SMILES string of the molecule is C[C@@H]1[C@H]2Cc3ccc(-c4ccncn4)cc3[C@]1(C)CCN2C(=O)N1CCCCC1. The number of carbonyl (C=O) groups is 1. The Morgan fingerprint density at radius 2 is 1.97 bits per heavy atom. The topological polar surface area (TPSA) is 49.3 Å². The summed E-state index contributed by atoms with van der Waals surface area (Å²) in [5.74, 6) is 0.443. The average molecular weight is 391 g/mol. The molecule has 5 nitrogen and oxygen atoms in total. The highest BCUT2D eigenvalue weighted by Crippen LogP contribution is 2.49. The van der Waals surface area contributed by atoms with Gasteiger partial charge in [0.2, 0.25) is 0 Å². The molecule has 3 atom stereocenters. The summed E-state index contributed by atoms with van der Waals surface area (Å²) in [5, 5.41) is 0. The third kappa shape index (κ3) is 3.02. The molecule has 0 radical (unpaired) electrons. The molecule has 2 amide bonds. The maximum absolute atomic E-state index is 13.3. The molecule has 1 aliphatic carbocycles. The molecule has 152 valence electrons. The van der Waals surface area contributed by atoms with E-state index in [2.05, 4.69) is 51.8 Å². The number of piperidine rings is 2. The van der Waals surface area contributed by atoms with Gasteiger partial charge in [-0.05, 0) is 66.7 Å². The highest BCUT2D eigenvalue weighted by molar-refractivity contribution is 5.75. The van der Waals surface area contributed by atoms with Gasteiger partial charge < -0.3 is 9.80 Å². The average Bonchev–Trinajstić information content (AvgIpc) is 2.77. The van der Waals surface area contributed by atoms with E-state index in [0.29, 0.717) is 12.0 Å². The van der Waals surface area contributed by atoms with Gasteiger partial charge in [-0.2, -0.15) is 0 Å². The number of likely N-dealkylation sites (tertiary alicyclic amines) is 2. The molecule has 29 heavy (non-hydrogen) atoms. The quantitative estimate of drug-likeness (QED) is 0.730. The largest absolute Gasteiger partial charge is 0.325 e. The van der Waals surface area contributed by atoms with Crippen LogP contribution in [0.4, 0.5) is 4.79 Å². The second kappa shape index (κ2) is 7.12. The van der Waals surface area contributed by atoms with Gasteiger partial charge in [0.15, 0.2) is 0 Å². The van der Waals surface area contributed by atoms with Crippen molar-refractivity contribution >= 4 is 6.03 Å². The Morgan fingerprint density at radius 3 is 2.72 bits per heavy atom. The maximum Gasteiger partial charge on any atom is 0.320 e. The van der Waals surface area contributed by atoms with Crippen LogP contribution >= 0.6 is 0 Å². The summed E-state index contributed by atoms with van der Waals surface area (Å²) in [7, 11) is 0. The third-order valence-corrected chi connectivity index (χ3v) is 7.76. The molecule has 3 heterocycles. The molecular formula is C24H30N4O. The number of urea groups is 1. The van der Waals surface area contributed by atoms with Crippen LogP contribution in [-0.4, -0.2) is 51.5 Å². The Morgan fingerprint density at radius 1 is 1.14 bits per heavy atom. The van der Waals surface area contributed by atoms with E-state index in [0.717, 1.165) is 56.6 Å². The molecule has 2 fully saturated rings. The zero-order valence-corrected chi connectivity index (χ0v) is 17.5. The lowest BCUT2D eigenvalue weighted by Crippen LogP contribution is -2.62. The van der Waals surface area contributed by atoms with Crippen LogP contribution in [0.2, 0.25) is 0 Å². The van der Waals surface area contributed by atoms with Crippen molar-refractivity contribution in [1.82, 2.24) is 19.8 Å². The van der Waals surface area contributed by atoms with Gasteiger partial charge in [-0.3, -0.25) is 0 Å². The molecule has 1 aromatic heterocycles. The number of rotatable bonds is 1. The zero-order chi connectivity index (χ0) is 20.0. The van der Waals surface area contributed by atoms with Crippen molar-refractivity contribution in [3.05, 3.63) is 47.9 Å². The lowest BCUT2D eigenvalue weighted by atomic mass is 9.59. The van der Waals surface area contributed by atoms with E-state index < -0.39 is 0 Å². The van der Waals surface area contributed by atoms with Crippen LogP contribution in [0.3, 0.4) is 0 Å². The van der Waals surface area contributed by atoms with Crippen molar-refractivity contribution in [2.45, 2.75) is 57.4 Å². The highest BCUT2D eigenvalue weighted by atomic mass is 16.2. The van der Waals surface area contributed by atoms with E-state index in [9.17, 15) is 4.79 Å². The Kier molecular flexibility index (Phi) is 4.56. The van der Waals surface area contributed by atoms with E-state index in [4.69, 9.17) is 0 Å². The van der Waals surface area contributed by atoms with Crippen molar-refractivity contribution in [2.75, 3.05) is 19.6 Å². The Bertz CT molecular complexity index is 908. The molecule has 1 aromatic carbocycles. The standard InChI is InChI=1S/C24H30N4O/c1-17-22-15-18-6-7-19(21-8-10-25-16-26-21)14-20(18)24(17,2)9-13-28(22)23(29)27-11-4-3-5-12-27/h6-8,10,14,16-17,22H,3-5,9,11-13,15H2,1-2H3/t17-,22-,24-/m1/s1. The molecule has 5 rings (SSSR count). The van der Waals surface area contributed by atoms with Gasteiger partial charge in [0, 0.05) is 37.4 Å². The van der Waals surface area contributed by atoms with Crippen LogP contribution in [0.15, 0.2) is 36.8 Å². The Balaban J connectivity index is 1.47. The van der Waals surface area contributed by atoms with Crippen molar-refractivity contribution in [3.63, 3.8) is 0 Å². The first-order valence-corrected chi connectivity index (χ1v) is 11.0.